The summed E-state index contributed by atoms with van der Waals surface area (Å²) < 4.78 is 11.3. The van der Waals surface area contributed by atoms with Crippen LogP contribution in [0.2, 0.25) is 0 Å². The highest BCUT2D eigenvalue weighted by Crippen LogP contribution is 2.34. The topological polar surface area (TPSA) is 103 Å². The van der Waals surface area contributed by atoms with Gasteiger partial charge in [-0.1, -0.05) is 6.07 Å². The van der Waals surface area contributed by atoms with E-state index in [0.29, 0.717) is 36.0 Å². The number of pyridine rings is 1. The number of ether oxygens (including phenoxy) is 2. The number of methoxy groups -OCH3 is 1. The highest BCUT2D eigenvalue weighted by molar-refractivity contribution is 5.95. The number of rotatable bonds is 6. The molecule has 176 valence electrons. The van der Waals surface area contributed by atoms with E-state index in [9.17, 15) is 4.79 Å². The zero-order valence-electron chi connectivity index (χ0n) is 19.2. The fourth-order valence-corrected chi connectivity index (χ4v) is 4.17. The number of likely N-dealkylation sites (tertiary alicyclic amines) is 1. The molecule has 1 aliphatic heterocycles. The first-order chi connectivity index (χ1) is 17.2. The van der Waals surface area contributed by atoms with Crippen LogP contribution in [0.3, 0.4) is 0 Å². The van der Waals surface area contributed by atoms with Crippen LogP contribution >= 0.6 is 0 Å². The van der Waals surface area contributed by atoms with E-state index in [1.807, 2.05) is 35.2 Å². The van der Waals surface area contributed by atoms with Crippen LogP contribution in [-0.4, -0.2) is 55.9 Å². The Labute approximate surface area is 202 Å². The molecule has 1 aliphatic rings. The SMILES string of the molecule is COc1cccc(Oc2nccnc2C2CCN(C(=O)c3cncc(-c4cncnc4)c3)CC2)c1. The molecule has 0 radical (unpaired) electrons. The number of hydrogen-bond acceptors (Lipinski definition) is 8. The summed E-state index contributed by atoms with van der Waals surface area (Å²) >= 11 is 0. The monoisotopic (exact) mass is 468 g/mol. The van der Waals surface area contributed by atoms with Crippen molar-refractivity contribution in [3.05, 3.63) is 85.1 Å². The number of nitrogens with zero attached hydrogens (tertiary/aromatic N) is 6. The average Bonchev–Trinajstić information content (AvgIpc) is 2.94. The van der Waals surface area contributed by atoms with Crippen LogP contribution in [0.4, 0.5) is 0 Å². The smallest absolute Gasteiger partial charge is 0.255 e. The zero-order valence-corrected chi connectivity index (χ0v) is 19.2. The third kappa shape index (κ3) is 5.08. The van der Waals surface area contributed by atoms with Crippen LogP contribution in [0.5, 0.6) is 17.4 Å². The third-order valence-corrected chi connectivity index (χ3v) is 5.99. The van der Waals surface area contributed by atoms with Crippen molar-refractivity contribution < 1.29 is 14.3 Å². The second-order valence-electron chi connectivity index (χ2n) is 8.18. The van der Waals surface area contributed by atoms with Gasteiger partial charge < -0.3 is 14.4 Å². The summed E-state index contributed by atoms with van der Waals surface area (Å²) in [6.07, 6.45) is 13.0. The molecule has 9 heteroatoms. The molecule has 0 saturated carbocycles. The predicted octanol–water partition coefficient (Wildman–Crippen LogP) is 4.15. The lowest BCUT2D eigenvalue weighted by Crippen LogP contribution is -2.38. The second-order valence-corrected chi connectivity index (χ2v) is 8.18. The van der Waals surface area contributed by atoms with Gasteiger partial charge in [0, 0.05) is 73.4 Å². The van der Waals surface area contributed by atoms with Gasteiger partial charge in [0.05, 0.1) is 12.7 Å². The lowest BCUT2D eigenvalue weighted by molar-refractivity contribution is 0.0711. The normalized spacial score (nSPS) is 13.9. The number of carbonyl (C=O) groups excluding carboxylic acids is 1. The Kier molecular flexibility index (Phi) is 6.56. The molecule has 5 rings (SSSR count). The lowest BCUT2D eigenvalue weighted by Gasteiger charge is -2.32. The van der Waals surface area contributed by atoms with Gasteiger partial charge in [-0.25, -0.2) is 15.0 Å². The predicted molar refractivity (Wildman–Crippen MR) is 128 cm³/mol. The van der Waals surface area contributed by atoms with Crippen molar-refractivity contribution >= 4 is 5.91 Å². The second kappa shape index (κ2) is 10.3. The maximum absolute atomic E-state index is 13.2. The molecule has 9 nitrogen and oxygen atoms in total. The number of amides is 1. The molecule has 0 bridgehead atoms. The van der Waals surface area contributed by atoms with E-state index < -0.39 is 0 Å². The van der Waals surface area contributed by atoms with Gasteiger partial charge in [0.1, 0.15) is 23.5 Å². The number of piperidine rings is 1. The van der Waals surface area contributed by atoms with Crippen molar-refractivity contribution in [3.8, 4) is 28.5 Å². The van der Waals surface area contributed by atoms with Crippen molar-refractivity contribution in [2.75, 3.05) is 20.2 Å². The summed E-state index contributed by atoms with van der Waals surface area (Å²) in [6, 6.07) is 9.22. The Bertz CT molecular complexity index is 1310. The van der Waals surface area contributed by atoms with Crippen molar-refractivity contribution in [1.82, 2.24) is 29.8 Å². The number of benzene rings is 1. The minimum Gasteiger partial charge on any atom is -0.497 e. The minimum absolute atomic E-state index is 0.0401. The molecule has 35 heavy (non-hydrogen) atoms. The van der Waals surface area contributed by atoms with Crippen LogP contribution in [0, 0.1) is 0 Å². The molecule has 1 saturated heterocycles. The van der Waals surface area contributed by atoms with Crippen molar-refractivity contribution in [2.45, 2.75) is 18.8 Å². The first-order valence-corrected chi connectivity index (χ1v) is 11.3. The van der Waals surface area contributed by atoms with Gasteiger partial charge in [-0.05, 0) is 31.0 Å². The molecule has 1 aromatic carbocycles. The number of hydrogen-bond donors (Lipinski definition) is 0. The van der Waals surface area contributed by atoms with E-state index >= 15 is 0 Å². The molecule has 4 heterocycles. The average molecular weight is 469 g/mol. The maximum atomic E-state index is 13.2. The molecular formula is C26H24N6O3. The van der Waals surface area contributed by atoms with Crippen molar-refractivity contribution in [2.24, 2.45) is 0 Å². The Hall–Kier alpha value is -4.40. The molecule has 0 unspecified atom stereocenters. The molecule has 4 aromatic rings. The molecule has 1 fully saturated rings. The van der Waals surface area contributed by atoms with Gasteiger partial charge in [-0.2, -0.15) is 0 Å². The van der Waals surface area contributed by atoms with Crippen LogP contribution in [-0.2, 0) is 0 Å². The fraction of sp³-hybridized carbons (Fsp3) is 0.231. The Morgan fingerprint density at radius 1 is 0.914 bits per heavy atom. The maximum Gasteiger partial charge on any atom is 0.255 e. The minimum atomic E-state index is -0.0401. The Balaban J connectivity index is 1.27. The molecule has 0 aliphatic carbocycles. The van der Waals surface area contributed by atoms with E-state index in [4.69, 9.17) is 9.47 Å². The first kappa shape index (κ1) is 22.4. The molecule has 0 atom stereocenters. The summed E-state index contributed by atoms with van der Waals surface area (Å²) in [7, 11) is 1.62. The van der Waals surface area contributed by atoms with Crippen LogP contribution < -0.4 is 9.47 Å². The molecule has 3 aromatic heterocycles. The summed E-state index contributed by atoms with van der Waals surface area (Å²) in [5.41, 5.74) is 2.98. The number of carbonyl (C=O) groups is 1. The van der Waals surface area contributed by atoms with Crippen molar-refractivity contribution in [3.63, 3.8) is 0 Å². The molecule has 0 spiro atoms. The molecular weight excluding hydrogens is 444 g/mol. The zero-order chi connectivity index (χ0) is 24.0. The van der Waals surface area contributed by atoms with Gasteiger partial charge in [0.25, 0.3) is 5.91 Å². The molecule has 0 N–H and O–H groups in total. The first-order valence-electron chi connectivity index (χ1n) is 11.3. The fourth-order valence-electron chi connectivity index (χ4n) is 4.17. The Morgan fingerprint density at radius 2 is 1.66 bits per heavy atom. The summed E-state index contributed by atoms with van der Waals surface area (Å²) in [4.78, 5) is 36.4. The van der Waals surface area contributed by atoms with Crippen LogP contribution in [0.15, 0.2) is 73.8 Å². The van der Waals surface area contributed by atoms with Gasteiger partial charge in [-0.3, -0.25) is 14.8 Å². The van der Waals surface area contributed by atoms with E-state index in [1.165, 1.54) is 6.33 Å². The van der Waals surface area contributed by atoms with E-state index in [0.717, 1.165) is 29.7 Å². The largest absolute Gasteiger partial charge is 0.497 e. The summed E-state index contributed by atoms with van der Waals surface area (Å²) in [5.74, 6) is 1.92. The molecule has 1 amide bonds. The Morgan fingerprint density at radius 3 is 2.46 bits per heavy atom. The standard InChI is InChI=1S/C26H24N6O3/c1-34-22-3-2-4-23(12-22)35-25-24(30-7-8-31-25)18-5-9-32(10-6-18)26(33)20-11-19(13-27-14-20)21-15-28-17-29-16-21/h2-4,7-8,11-18H,5-6,9-10H2,1H3. The third-order valence-electron chi connectivity index (χ3n) is 5.99. The quantitative estimate of drug-likeness (QED) is 0.416. The van der Waals surface area contributed by atoms with Gasteiger partial charge in [0.2, 0.25) is 5.88 Å². The number of aromatic nitrogens is 5. The summed E-state index contributed by atoms with van der Waals surface area (Å²) in [5, 5.41) is 0. The summed E-state index contributed by atoms with van der Waals surface area (Å²) in [6.45, 7) is 1.22. The highest BCUT2D eigenvalue weighted by Gasteiger charge is 2.28. The van der Waals surface area contributed by atoms with Gasteiger partial charge >= 0.3 is 0 Å². The van der Waals surface area contributed by atoms with E-state index in [2.05, 4.69) is 24.9 Å². The lowest BCUT2D eigenvalue weighted by atomic mass is 9.93. The highest BCUT2D eigenvalue weighted by atomic mass is 16.5. The van der Waals surface area contributed by atoms with Crippen LogP contribution in [0.25, 0.3) is 11.1 Å². The van der Waals surface area contributed by atoms with E-state index in [-0.39, 0.29) is 11.8 Å². The van der Waals surface area contributed by atoms with Gasteiger partial charge in [-0.15, -0.1) is 0 Å². The van der Waals surface area contributed by atoms with Crippen LogP contribution in [0.1, 0.15) is 34.8 Å². The van der Waals surface area contributed by atoms with E-state index in [1.54, 1.807) is 44.3 Å². The van der Waals surface area contributed by atoms with Gasteiger partial charge in [0.15, 0.2) is 0 Å². The van der Waals surface area contributed by atoms with Crippen molar-refractivity contribution in [1.29, 1.82) is 0 Å².